The molecular weight excluding hydrogens is 330 g/mol. The molecule has 0 amide bonds. The van der Waals surface area contributed by atoms with Gasteiger partial charge < -0.3 is 9.90 Å². The molecule has 2 aromatic rings. The summed E-state index contributed by atoms with van der Waals surface area (Å²) in [5, 5.41) is 11.7. The Kier molecular flexibility index (Phi) is 4.44. The van der Waals surface area contributed by atoms with Crippen LogP contribution >= 0.6 is 11.8 Å². The van der Waals surface area contributed by atoms with Crippen LogP contribution in [0.1, 0.15) is 67.6 Å². The zero-order valence-corrected chi connectivity index (χ0v) is 16.3. The smallest absolute Gasteiger partial charge is 0.101 e. The van der Waals surface area contributed by atoms with Crippen molar-refractivity contribution in [2.75, 3.05) is 0 Å². The first-order chi connectivity index (χ1) is 11.6. The van der Waals surface area contributed by atoms with Crippen molar-refractivity contribution in [2.24, 2.45) is 0 Å². The highest BCUT2D eigenvalue weighted by atomic mass is 32.2. The molecule has 0 bridgehead atoms. The van der Waals surface area contributed by atoms with Crippen LogP contribution in [0, 0.1) is 6.92 Å². The van der Waals surface area contributed by atoms with Gasteiger partial charge in [-0.05, 0) is 65.5 Å². The minimum atomic E-state index is -1.20. The number of carboxylic acids is 1. The molecule has 132 valence electrons. The van der Waals surface area contributed by atoms with Crippen molar-refractivity contribution in [3.63, 3.8) is 0 Å². The second kappa shape index (κ2) is 6.17. The van der Waals surface area contributed by atoms with Crippen LogP contribution in [0.25, 0.3) is 0 Å². The second-order valence-electron chi connectivity index (χ2n) is 8.21. The zero-order chi connectivity index (χ0) is 18.4. The molecule has 0 spiro atoms. The Labute approximate surface area is 153 Å². The number of hydrogen-bond acceptors (Lipinski definition) is 4. The minimum absolute atomic E-state index is 0.106. The number of fused-ring (bicyclic) bond motifs is 1. The predicted molar refractivity (Wildman–Crippen MR) is 99.2 cm³/mol. The molecule has 4 heteroatoms. The van der Waals surface area contributed by atoms with Crippen LogP contribution in [0.15, 0.2) is 40.4 Å². The van der Waals surface area contributed by atoms with Crippen LogP contribution in [-0.4, -0.2) is 11.0 Å². The number of benzene rings is 1. The normalized spacial score (nSPS) is 17.8. The Balaban J connectivity index is 1.99. The molecule has 1 aromatic carbocycles. The lowest BCUT2D eigenvalue weighted by molar-refractivity contribution is -0.255. The maximum Gasteiger partial charge on any atom is 0.101 e. The quantitative estimate of drug-likeness (QED) is 0.827. The fourth-order valence-corrected chi connectivity index (χ4v) is 4.35. The van der Waals surface area contributed by atoms with E-state index in [-0.39, 0.29) is 16.4 Å². The summed E-state index contributed by atoms with van der Waals surface area (Å²) in [7, 11) is 0. The molecule has 0 N–H and O–H groups in total. The van der Waals surface area contributed by atoms with E-state index in [1.54, 1.807) is 23.9 Å². The molecule has 0 fully saturated rings. The number of pyridine rings is 1. The van der Waals surface area contributed by atoms with Crippen LogP contribution in [0.3, 0.4) is 0 Å². The Morgan fingerprint density at radius 1 is 1.08 bits per heavy atom. The van der Waals surface area contributed by atoms with E-state index in [2.05, 4.69) is 51.7 Å². The Bertz CT molecular complexity index is 823. The van der Waals surface area contributed by atoms with E-state index in [0.29, 0.717) is 0 Å². The molecule has 0 saturated heterocycles. The van der Waals surface area contributed by atoms with Gasteiger partial charge in [-0.1, -0.05) is 45.5 Å². The lowest BCUT2D eigenvalue weighted by atomic mass is 9.63. The van der Waals surface area contributed by atoms with Gasteiger partial charge in [0.05, 0.1) is 5.97 Å². The van der Waals surface area contributed by atoms with Gasteiger partial charge in [0.15, 0.2) is 0 Å². The van der Waals surface area contributed by atoms with Crippen molar-refractivity contribution < 1.29 is 9.90 Å². The summed E-state index contributed by atoms with van der Waals surface area (Å²) in [5.74, 6) is -1.20. The van der Waals surface area contributed by atoms with Crippen LogP contribution in [0.2, 0.25) is 0 Å². The van der Waals surface area contributed by atoms with Crippen molar-refractivity contribution in [3.8, 4) is 0 Å². The van der Waals surface area contributed by atoms with Gasteiger partial charge >= 0.3 is 0 Å². The number of carbonyl (C=O) groups excluding carboxylic acids is 1. The molecule has 0 saturated carbocycles. The molecule has 0 atom stereocenters. The van der Waals surface area contributed by atoms with Gasteiger partial charge in [-0.15, -0.1) is 0 Å². The summed E-state index contributed by atoms with van der Waals surface area (Å²) in [6.07, 6.45) is 3.74. The first-order valence-electron chi connectivity index (χ1n) is 8.61. The third-order valence-corrected chi connectivity index (χ3v) is 6.45. The molecule has 0 aliphatic heterocycles. The molecule has 0 unspecified atom stereocenters. The summed E-state index contributed by atoms with van der Waals surface area (Å²) < 4.78 is 0. The fraction of sp³-hybridized carbons (Fsp3) is 0.429. The lowest BCUT2D eigenvalue weighted by Crippen LogP contribution is -2.34. The SMILES string of the molecule is Cc1cc2c(cc1Sc1ccc(C(=O)[O-])cn1)C(C)(C)CCC2(C)C. The summed E-state index contributed by atoms with van der Waals surface area (Å²) in [6.45, 7) is 11.4. The van der Waals surface area contributed by atoms with E-state index in [1.165, 1.54) is 40.6 Å². The van der Waals surface area contributed by atoms with E-state index >= 15 is 0 Å². The monoisotopic (exact) mass is 354 g/mol. The van der Waals surface area contributed by atoms with Crippen molar-refractivity contribution in [2.45, 2.75) is 68.2 Å². The van der Waals surface area contributed by atoms with E-state index in [0.717, 1.165) is 5.03 Å². The van der Waals surface area contributed by atoms with E-state index in [1.807, 2.05) is 0 Å². The molecule has 3 nitrogen and oxygen atoms in total. The fourth-order valence-electron chi connectivity index (χ4n) is 3.49. The molecule has 1 aromatic heterocycles. The number of aryl methyl sites for hydroxylation is 1. The Hall–Kier alpha value is -1.81. The van der Waals surface area contributed by atoms with E-state index in [4.69, 9.17) is 0 Å². The minimum Gasteiger partial charge on any atom is -0.545 e. The summed E-state index contributed by atoms with van der Waals surface area (Å²) >= 11 is 1.58. The summed E-state index contributed by atoms with van der Waals surface area (Å²) in [5.41, 5.74) is 4.58. The number of carboxylic acid groups (broad SMARTS) is 1. The first kappa shape index (κ1) is 18.0. The van der Waals surface area contributed by atoms with Gasteiger partial charge in [0.2, 0.25) is 0 Å². The van der Waals surface area contributed by atoms with Crippen LogP contribution in [-0.2, 0) is 10.8 Å². The molecule has 1 aliphatic rings. The van der Waals surface area contributed by atoms with Gasteiger partial charge in [-0.3, -0.25) is 0 Å². The number of nitrogens with zero attached hydrogens (tertiary/aromatic N) is 1. The maximum absolute atomic E-state index is 10.9. The maximum atomic E-state index is 10.9. The van der Waals surface area contributed by atoms with Crippen LogP contribution < -0.4 is 5.11 Å². The average molecular weight is 354 g/mol. The Morgan fingerprint density at radius 3 is 2.20 bits per heavy atom. The third-order valence-electron chi connectivity index (χ3n) is 5.33. The van der Waals surface area contributed by atoms with Gasteiger partial charge in [0.25, 0.3) is 0 Å². The van der Waals surface area contributed by atoms with Gasteiger partial charge in [0, 0.05) is 16.7 Å². The number of carbonyl (C=O) groups is 1. The first-order valence-corrected chi connectivity index (χ1v) is 9.43. The van der Waals surface area contributed by atoms with E-state index < -0.39 is 5.97 Å². The van der Waals surface area contributed by atoms with Gasteiger partial charge in [-0.2, -0.15) is 0 Å². The zero-order valence-electron chi connectivity index (χ0n) is 15.5. The summed E-state index contributed by atoms with van der Waals surface area (Å²) in [4.78, 5) is 16.3. The predicted octanol–water partition coefficient (Wildman–Crippen LogP) is 4.25. The highest BCUT2D eigenvalue weighted by molar-refractivity contribution is 7.99. The van der Waals surface area contributed by atoms with Crippen LogP contribution in [0.4, 0.5) is 0 Å². The molecule has 0 radical (unpaired) electrons. The number of aromatic carboxylic acids is 1. The molecule has 1 aliphatic carbocycles. The number of aromatic nitrogens is 1. The molecule has 3 rings (SSSR count). The molecular formula is C21H24NO2S-. The van der Waals surface area contributed by atoms with Crippen LogP contribution in [0.5, 0.6) is 0 Å². The lowest BCUT2D eigenvalue weighted by Gasteiger charge is -2.42. The second-order valence-corrected chi connectivity index (χ2v) is 9.27. The van der Waals surface area contributed by atoms with Crippen molar-refractivity contribution in [3.05, 3.63) is 52.7 Å². The van der Waals surface area contributed by atoms with Crippen molar-refractivity contribution >= 4 is 17.7 Å². The van der Waals surface area contributed by atoms with E-state index in [9.17, 15) is 9.90 Å². The topological polar surface area (TPSA) is 53.0 Å². The average Bonchev–Trinajstić information content (AvgIpc) is 2.54. The standard InChI is InChI=1S/C21H25NO2S/c1-13-10-15-16(21(4,5)9-8-20(15,2)3)11-17(13)25-18-7-6-14(12-22-18)19(23)24/h6-7,10-12H,8-9H2,1-5H3,(H,23,24)/p-1. The van der Waals surface area contributed by atoms with Gasteiger partial charge in [0.1, 0.15) is 5.03 Å². The van der Waals surface area contributed by atoms with Crippen molar-refractivity contribution in [1.29, 1.82) is 0 Å². The molecule has 25 heavy (non-hydrogen) atoms. The van der Waals surface area contributed by atoms with Gasteiger partial charge in [-0.25, -0.2) is 4.98 Å². The van der Waals surface area contributed by atoms with Crippen molar-refractivity contribution in [1.82, 2.24) is 4.98 Å². The largest absolute Gasteiger partial charge is 0.545 e. The molecule has 1 heterocycles. The highest BCUT2D eigenvalue weighted by Gasteiger charge is 2.37. The highest BCUT2D eigenvalue weighted by Crippen LogP contribution is 2.47. The number of hydrogen-bond donors (Lipinski definition) is 0. The number of rotatable bonds is 3. The third kappa shape index (κ3) is 3.45. The summed E-state index contributed by atoms with van der Waals surface area (Å²) in [6, 6.07) is 7.92. The Morgan fingerprint density at radius 2 is 1.68 bits per heavy atom.